The van der Waals surface area contributed by atoms with Crippen molar-refractivity contribution in [3.63, 3.8) is 0 Å². The minimum atomic E-state index is -0.627. The van der Waals surface area contributed by atoms with E-state index in [1.165, 1.54) is 19.2 Å². The molecule has 0 heterocycles. The summed E-state index contributed by atoms with van der Waals surface area (Å²) in [6, 6.07) is 9.41. The summed E-state index contributed by atoms with van der Waals surface area (Å²) >= 11 is 3.30. The highest BCUT2D eigenvalue weighted by Crippen LogP contribution is 2.35. The number of nitro benzene ring substituents is 1. The standard InChI is InChI=1S/C16H15BrN2O5/c1-3-24-15-9-13(19(21)22)12(8-14(15)23-2)16(20)18-11-6-4-5-10(17)7-11/h4-9H,3H2,1-2H3,(H,18,20). The Bertz CT molecular complexity index is 779. The van der Waals surface area contributed by atoms with E-state index in [4.69, 9.17) is 9.47 Å². The van der Waals surface area contributed by atoms with Gasteiger partial charge >= 0.3 is 0 Å². The van der Waals surface area contributed by atoms with Crippen molar-refractivity contribution in [2.75, 3.05) is 19.0 Å². The van der Waals surface area contributed by atoms with E-state index in [0.717, 1.165) is 4.47 Å². The van der Waals surface area contributed by atoms with Crippen LogP contribution in [0.3, 0.4) is 0 Å². The maximum Gasteiger partial charge on any atom is 0.286 e. The third-order valence-electron chi connectivity index (χ3n) is 3.11. The van der Waals surface area contributed by atoms with Gasteiger partial charge in [0.15, 0.2) is 11.5 Å². The first kappa shape index (κ1) is 17.7. The van der Waals surface area contributed by atoms with Crippen molar-refractivity contribution in [3.05, 3.63) is 56.5 Å². The van der Waals surface area contributed by atoms with Crippen LogP contribution in [0.15, 0.2) is 40.9 Å². The highest BCUT2D eigenvalue weighted by molar-refractivity contribution is 9.10. The topological polar surface area (TPSA) is 90.7 Å². The fourth-order valence-corrected chi connectivity index (χ4v) is 2.47. The molecule has 0 aliphatic heterocycles. The molecular formula is C16H15BrN2O5. The molecular weight excluding hydrogens is 380 g/mol. The Labute approximate surface area is 146 Å². The molecule has 0 fully saturated rings. The van der Waals surface area contributed by atoms with Gasteiger partial charge in [0.05, 0.1) is 24.7 Å². The third-order valence-corrected chi connectivity index (χ3v) is 3.60. The zero-order valence-electron chi connectivity index (χ0n) is 13.0. The first-order valence-corrected chi connectivity index (χ1v) is 7.81. The molecule has 0 saturated carbocycles. The number of anilines is 1. The van der Waals surface area contributed by atoms with E-state index >= 15 is 0 Å². The van der Waals surface area contributed by atoms with Crippen LogP contribution in [0.4, 0.5) is 11.4 Å². The van der Waals surface area contributed by atoms with Crippen LogP contribution in [0.5, 0.6) is 11.5 Å². The number of carbonyl (C=O) groups excluding carboxylic acids is 1. The summed E-state index contributed by atoms with van der Waals surface area (Å²) in [5.74, 6) is -0.145. The number of rotatable bonds is 6. The Hall–Kier alpha value is -2.61. The minimum absolute atomic E-state index is 0.111. The molecule has 0 aliphatic rings. The van der Waals surface area contributed by atoms with Crippen molar-refractivity contribution >= 4 is 33.2 Å². The molecule has 8 heteroatoms. The van der Waals surface area contributed by atoms with E-state index in [1.807, 2.05) is 0 Å². The average Bonchev–Trinajstić information content (AvgIpc) is 2.54. The maximum absolute atomic E-state index is 12.5. The summed E-state index contributed by atoms with van der Waals surface area (Å²) in [5.41, 5.74) is 0.0450. The Morgan fingerprint density at radius 2 is 2.04 bits per heavy atom. The second-order valence-corrected chi connectivity index (χ2v) is 5.59. The van der Waals surface area contributed by atoms with Gasteiger partial charge in [0.2, 0.25) is 0 Å². The Morgan fingerprint density at radius 1 is 1.29 bits per heavy atom. The van der Waals surface area contributed by atoms with Gasteiger partial charge < -0.3 is 14.8 Å². The lowest BCUT2D eigenvalue weighted by molar-refractivity contribution is -0.385. The fraction of sp³-hybridized carbons (Fsp3) is 0.188. The number of nitrogens with zero attached hydrogens (tertiary/aromatic N) is 1. The van der Waals surface area contributed by atoms with Crippen molar-refractivity contribution in [1.29, 1.82) is 0 Å². The minimum Gasteiger partial charge on any atom is -0.493 e. The predicted octanol–water partition coefficient (Wildman–Crippen LogP) is 4.02. The van der Waals surface area contributed by atoms with Crippen LogP contribution in [-0.2, 0) is 0 Å². The smallest absolute Gasteiger partial charge is 0.286 e. The first-order valence-electron chi connectivity index (χ1n) is 7.02. The van der Waals surface area contributed by atoms with Crippen LogP contribution in [-0.4, -0.2) is 24.5 Å². The molecule has 1 N–H and O–H groups in total. The van der Waals surface area contributed by atoms with Gasteiger partial charge in [0, 0.05) is 16.2 Å². The average molecular weight is 395 g/mol. The third kappa shape index (κ3) is 4.02. The molecule has 0 spiro atoms. The molecule has 0 unspecified atom stereocenters. The molecule has 7 nitrogen and oxygen atoms in total. The molecule has 0 saturated heterocycles. The second-order valence-electron chi connectivity index (χ2n) is 4.67. The zero-order valence-corrected chi connectivity index (χ0v) is 14.6. The summed E-state index contributed by atoms with van der Waals surface area (Å²) in [4.78, 5) is 23.1. The SMILES string of the molecule is CCOc1cc([N+](=O)[O-])c(C(=O)Nc2cccc(Br)c2)cc1OC. The largest absolute Gasteiger partial charge is 0.493 e. The quantitative estimate of drug-likeness (QED) is 0.590. The zero-order chi connectivity index (χ0) is 17.7. The molecule has 24 heavy (non-hydrogen) atoms. The van der Waals surface area contributed by atoms with E-state index in [1.54, 1.807) is 31.2 Å². The van der Waals surface area contributed by atoms with E-state index in [9.17, 15) is 14.9 Å². The molecule has 0 radical (unpaired) electrons. The molecule has 0 aromatic heterocycles. The number of halogens is 1. The number of hydrogen-bond acceptors (Lipinski definition) is 5. The number of amides is 1. The van der Waals surface area contributed by atoms with Gasteiger partial charge in [-0.05, 0) is 25.1 Å². The lowest BCUT2D eigenvalue weighted by Crippen LogP contribution is -2.14. The Morgan fingerprint density at radius 3 is 2.62 bits per heavy atom. The van der Waals surface area contributed by atoms with Gasteiger partial charge in [-0.3, -0.25) is 14.9 Å². The van der Waals surface area contributed by atoms with Gasteiger partial charge in [-0.1, -0.05) is 22.0 Å². The summed E-state index contributed by atoms with van der Waals surface area (Å²) < 4.78 is 11.3. The van der Waals surface area contributed by atoms with Crippen LogP contribution in [0.1, 0.15) is 17.3 Å². The number of hydrogen-bond donors (Lipinski definition) is 1. The molecule has 1 amide bonds. The van der Waals surface area contributed by atoms with E-state index in [0.29, 0.717) is 12.3 Å². The number of nitrogens with one attached hydrogen (secondary N) is 1. The normalized spacial score (nSPS) is 10.1. The van der Waals surface area contributed by atoms with Gasteiger partial charge in [-0.15, -0.1) is 0 Å². The molecule has 0 aliphatic carbocycles. The highest BCUT2D eigenvalue weighted by atomic mass is 79.9. The van der Waals surface area contributed by atoms with E-state index in [-0.39, 0.29) is 22.7 Å². The molecule has 2 rings (SSSR count). The molecule has 2 aromatic carbocycles. The number of benzene rings is 2. The first-order chi connectivity index (χ1) is 11.5. The molecule has 0 bridgehead atoms. The van der Waals surface area contributed by atoms with Crippen LogP contribution in [0.25, 0.3) is 0 Å². The van der Waals surface area contributed by atoms with Gasteiger partial charge in [-0.25, -0.2) is 0 Å². The lowest BCUT2D eigenvalue weighted by atomic mass is 10.1. The fourth-order valence-electron chi connectivity index (χ4n) is 2.07. The second kappa shape index (κ2) is 7.78. The van der Waals surface area contributed by atoms with Crippen molar-refractivity contribution in [2.24, 2.45) is 0 Å². The number of nitro groups is 1. The highest BCUT2D eigenvalue weighted by Gasteiger charge is 2.24. The monoisotopic (exact) mass is 394 g/mol. The van der Waals surface area contributed by atoms with Gasteiger partial charge in [-0.2, -0.15) is 0 Å². The van der Waals surface area contributed by atoms with E-state index in [2.05, 4.69) is 21.2 Å². The molecule has 0 atom stereocenters. The summed E-state index contributed by atoms with van der Waals surface area (Å²) in [7, 11) is 1.40. The number of carbonyl (C=O) groups is 1. The van der Waals surface area contributed by atoms with Crippen LogP contribution in [0.2, 0.25) is 0 Å². The van der Waals surface area contributed by atoms with Crippen LogP contribution < -0.4 is 14.8 Å². The summed E-state index contributed by atoms with van der Waals surface area (Å²) in [5, 5.41) is 13.9. The van der Waals surface area contributed by atoms with Gasteiger partial charge in [0.25, 0.3) is 11.6 Å². The Kier molecular flexibility index (Phi) is 5.75. The van der Waals surface area contributed by atoms with Crippen molar-refractivity contribution < 1.29 is 19.2 Å². The van der Waals surface area contributed by atoms with Crippen molar-refractivity contribution in [2.45, 2.75) is 6.92 Å². The lowest BCUT2D eigenvalue weighted by Gasteiger charge is -2.12. The molecule has 126 valence electrons. The van der Waals surface area contributed by atoms with E-state index < -0.39 is 10.8 Å². The predicted molar refractivity (Wildman–Crippen MR) is 92.9 cm³/mol. The number of ether oxygens (including phenoxy) is 2. The summed E-state index contributed by atoms with van der Waals surface area (Å²) in [6.45, 7) is 2.07. The molecule has 2 aromatic rings. The van der Waals surface area contributed by atoms with Crippen molar-refractivity contribution in [3.8, 4) is 11.5 Å². The van der Waals surface area contributed by atoms with Crippen LogP contribution in [0, 0.1) is 10.1 Å². The van der Waals surface area contributed by atoms with Gasteiger partial charge in [0.1, 0.15) is 5.56 Å². The maximum atomic E-state index is 12.5. The Balaban J connectivity index is 2.43. The van der Waals surface area contributed by atoms with Crippen LogP contribution >= 0.6 is 15.9 Å². The van der Waals surface area contributed by atoms with Crippen molar-refractivity contribution in [1.82, 2.24) is 0 Å². The summed E-state index contributed by atoms with van der Waals surface area (Å²) in [6.07, 6.45) is 0. The number of methoxy groups -OCH3 is 1.